The molecular weight excluding hydrogens is 378 g/mol. The van der Waals surface area contributed by atoms with E-state index >= 15 is 0 Å². The molecule has 2 aromatic heterocycles. The van der Waals surface area contributed by atoms with Gasteiger partial charge in [-0.05, 0) is 41.5 Å². The van der Waals surface area contributed by atoms with Crippen molar-refractivity contribution in [3.8, 4) is 0 Å². The Kier molecular flexibility index (Phi) is 4.29. The van der Waals surface area contributed by atoms with E-state index in [1.54, 1.807) is 6.07 Å². The Hall–Kier alpha value is -2.23. The molecule has 4 rings (SSSR count). The van der Waals surface area contributed by atoms with Crippen LogP contribution in [-0.4, -0.2) is 54.2 Å². The summed E-state index contributed by atoms with van der Waals surface area (Å²) in [6.07, 6.45) is 0. The number of fused-ring (bicyclic) bond motifs is 1. The molecule has 26 heavy (non-hydrogen) atoms. The lowest BCUT2D eigenvalue weighted by Gasteiger charge is -2.34. The molecule has 1 aliphatic rings. The third-order valence-electron chi connectivity index (χ3n) is 4.37. The van der Waals surface area contributed by atoms with Gasteiger partial charge in [-0.15, -0.1) is 0 Å². The Balaban J connectivity index is 1.60. The zero-order chi connectivity index (χ0) is 18.3. The first-order valence-corrected chi connectivity index (χ1v) is 9.88. The number of aromatic nitrogens is 3. The number of sulfonamides is 1. The van der Waals surface area contributed by atoms with Crippen LogP contribution in [-0.2, 0) is 10.0 Å². The van der Waals surface area contributed by atoms with Gasteiger partial charge in [-0.1, -0.05) is 17.7 Å². The summed E-state index contributed by atoms with van der Waals surface area (Å²) in [7, 11) is -3.81. The Morgan fingerprint density at radius 3 is 2.58 bits per heavy atom. The Morgan fingerprint density at radius 2 is 1.85 bits per heavy atom. The highest BCUT2D eigenvalue weighted by Crippen LogP contribution is 2.31. The SMILES string of the molecule is Cc1cccc(N2CCN(S(=O)(=O)c3c(Cl)ccc4nonc34)CC2)n1. The summed E-state index contributed by atoms with van der Waals surface area (Å²) in [6.45, 7) is 3.67. The van der Waals surface area contributed by atoms with Crippen molar-refractivity contribution < 1.29 is 13.0 Å². The Labute approximate surface area is 155 Å². The van der Waals surface area contributed by atoms with Crippen LogP contribution >= 0.6 is 11.6 Å². The van der Waals surface area contributed by atoms with Gasteiger partial charge in [-0.25, -0.2) is 18.0 Å². The van der Waals surface area contributed by atoms with Crippen molar-refractivity contribution in [3.63, 3.8) is 0 Å². The molecule has 1 saturated heterocycles. The van der Waals surface area contributed by atoms with Crippen molar-refractivity contribution in [2.75, 3.05) is 31.1 Å². The van der Waals surface area contributed by atoms with Crippen LogP contribution in [0.4, 0.5) is 5.82 Å². The first kappa shape index (κ1) is 17.2. The van der Waals surface area contributed by atoms with E-state index in [2.05, 4.69) is 24.8 Å². The van der Waals surface area contributed by atoms with Gasteiger partial charge in [-0.3, -0.25) is 0 Å². The van der Waals surface area contributed by atoms with Crippen molar-refractivity contribution in [1.29, 1.82) is 0 Å². The fraction of sp³-hybridized carbons (Fsp3) is 0.312. The summed E-state index contributed by atoms with van der Waals surface area (Å²) >= 11 is 6.17. The maximum atomic E-state index is 13.1. The van der Waals surface area contributed by atoms with E-state index in [1.807, 2.05) is 25.1 Å². The number of halogens is 1. The maximum absolute atomic E-state index is 13.1. The molecule has 0 unspecified atom stereocenters. The number of aryl methyl sites for hydroxylation is 1. The summed E-state index contributed by atoms with van der Waals surface area (Å²) < 4.78 is 32.3. The maximum Gasteiger partial charge on any atom is 0.247 e. The highest BCUT2D eigenvalue weighted by atomic mass is 35.5. The number of rotatable bonds is 3. The van der Waals surface area contributed by atoms with Crippen molar-refractivity contribution >= 4 is 38.5 Å². The van der Waals surface area contributed by atoms with E-state index in [4.69, 9.17) is 11.6 Å². The molecule has 1 aromatic carbocycles. The van der Waals surface area contributed by atoms with E-state index in [9.17, 15) is 8.42 Å². The number of nitrogens with zero attached hydrogens (tertiary/aromatic N) is 5. The zero-order valence-electron chi connectivity index (χ0n) is 14.0. The van der Waals surface area contributed by atoms with Crippen LogP contribution < -0.4 is 4.90 Å². The number of hydrogen-bond donors (Lipinski definition) is 0. The van der Waals surface area contributed by atoms with Gasteiger partial charge in [0.05, 0.1) is 5.02 Å². The lowest BCUT2D eigenvalue weighted by Crippen LogP contribution is -2.49. The van der Waals surface area contributed by atoms with Crippen LogP contribution in [0.15, 0.2) is 39.9 Å². The summed E-state index contributed by atoms with van der Waals surface area (Å²) in [5.74, 6) is 0.850. The third kappa shape index (κ3) is 2.91. The van der Waals surface area contributed by atoms with Crippen LogP contribution in [0.3, 0.4) is 0 Å². The molecule has 0 N–H and O–H groups in total. The van der Waals surface area contributed by atoms with Crippen molar-refractivity contribution in [2.45, 2.75) is 11.8 Å². The van der Waals surface area contributed by atoms with Crippen molar-refractivity contribution in [1.82, 2.24) is 19.6 Å². The lowest BCUT2D eigenvalue weighted by molar-refractivity contribution is 0.315. The molecule has 3 aromatic rings. The summed E-state index contributed by atoms with van der Waals surface area (Å²) in [4.78, 5) is 6.51. The first-order chi connectivity index (χ1) is 12.5. The molecule has 0 spiro atoms. The zero-order valence-corrected chi connectivity index (χ0v) is 15.5. The molecule has 3 heterocycles. The van der Waals surface area contributed by atoms with E-state index in [0.717, 1.165) is 11.5 Å². The van der Waals surface area contributed by atoms with Crippen LogP contribution in [0, 0.1) is 6.92 Å². The Bertz CT molecular complexity index is 1060. The van der Waals surface area contributed by atoms with E-state index in [1.165, 1.54) is 10.4 Å². The monoisotopic (exact) mass is 393 g/mol. The van der Waals surface area contributed by atoms with E-state index < -0.39 is 10.0 Å². The van der Waals surface area contributed by atoms with Gasteiger partial charge in [0.2, 0.25) is 10.0 Å². The second-order valence-electron chi connectivity index (χ2n) is 6.04. The normalized spacial score (nSPS) is 16.3. The minimum atomic E-state index is -3.81. The fourth-order valence-electron chi connectivity index (χ4n) is 3.04. The number of piperazine rings is 1. The van der Waals surface area contributed by atoms with Gasteiger partial charge in [-0.2, -0.15) is 4.31 Å². The number of anilines is 1. The van der Waals surface area contributed by atoms with Crippen LogP contribution in [0.25, 0.3) is 11.0 Å². The topological polar surface area (TPSA) is 92.4 Å². The van der Waals surface area contributed by atoms with Gasteiger partial charge in [0.15, 0.2) is 5.52 Å². The average molecular weight is 394 g/mol. The van der Waals surface area contributed by atoms with Crippen LogP contribution in [0.2, 0.25) is 5.02 Å². The van der Waals surface area contributed by atoms with E-state index in [0.29, 0.717) is 31.7 Å². The quantitative estimate of drug-likeness (QED) is 0.672. The average Bonchev–Trinajstić information content (AvgIpc) is 3.10. The van der Waals surface area contributed by atoms with Gasteiger partial charge >= 0.3 is 0 Å². The molecule has 10 heteroatoms. The van der Waals surface area contributed by atoms with E-state index in [-0.39, 0.29) is 15.4 Å². The molecule has 0 saturated carbocycles. The number of pyridine rings is 1. The fourth-order valence-corrected chi connectivity index (χ4v) is 5.09. The van der Waals surface area contributed by atoms with Crippen molar-refractivity contribution in [3.05, 3.63) is 41.0 Å². The largest absolute Gasteiger partial charge is 0.354 e. The molecule has 0 aliphatic carbocycles. The molecule has 1 aliphatic heterocycles. The smallest absolute Gasteiger partial charge is 0.247 e. The van der Waals surface area contributed by atoms with Gasteiger partial charge in [0.25, 0.3) is 0 Å². The molecule has 0 bridgehead atoms. The molecule has 136 valence electrons. The standard InChI is InChI=1S/C16H16ClN5O3S/c1-11-3-2-4-14(18-11)21-7-9-22(10-8-21)26(23,24)16-12(17)5-6-13-15(16)20-25-19-13/h2-6H,7-10H2,1H3. The first-order valence-electron chi connectivity index (χ1n) is 8.06. The summed E-state index contributed by atoms with van der Waals surface area (Å²) in [5, 5.41) is 7.52. The predicted molar refractivity (Wildman–Crippen MR) is 96.8 cm³/mol. The third-order valence-corrected chi connectivity index (χ3v) is 6.77. The molecule has 0 amide bonds. The van der Waals surface area contributed by atoms with Crippen LogP contribution in [0.1, 0.15) is 5.69 Å². The Morgan fingerprint density at radius 1 is 1.08 bits per heavy atom. The predicted octanol–water partition coefficient (Wildman–Crippen LogP) is 2.09. The lowest BCUT2D eigenvalue weighted by atomic mass is 10.3. The van der Waals surface area contributed by atoms with Crippen molar-refractivity contribution in [2.24, 2.45) is 0 Å². The minimum Gasteiger partial charge on any atom is -0.354 e. The molecule has 0 radical (unpaired) electrons. The van der Waals surface area contributed by atoms with Gasteiger partial charge in [0.1, 0.15) is 16.2 Å². The molecular formula is C16H16ClN5O3S. The van der Waals surface area contributed by atoms with Crippen LogP contribution in [0.5, 0.6) is 0 Å². The minimum absolute atomic E-state index is 0.0555. The number of hydrogen-bond acceptors (Lipinski definition) is 7. The summed E-state index contributed by atoms with van der Waals surface area (Å²) in [6, 6.07) is 8.87. The molecule has 8 nitrogen and oxygen atoms in total. The second kappa shape index (κ2) is 6.49. The molecule has 0 atom stereocenters. The van der Waals surface area contributed by atoms with Gasteiger partial charge in [0, 0.05) is 31.9 Å². The highest BCUT2D eigenvalue weighted by molar-refractivity contribution is 7.89. The second-order valence-corrected chi connectivity index (χ2v) is 8.32. The van der Waals surface area contributed by atoms with Gasteiger partial charge < -0.3 is 4.90 Å². The number of benzene rings is 1. The molecule has 1 fully saturated rings. The highest BCUT2D eigenvalue weighted by Gasteiger charge is 2.33. The summed E-state index contributed by atoms with van der Waals surface area (Å²) in [5.41, 5.74) is 1.44.